The minimum absolute atomic E-state index is 0.0254. The van der Waals surface area contributed by atoms with Crippen molar-refractivity contribution in [2.24, 2.45) is 5.10 Å². The molecule has 0 aromatic heterocycles. The lowest BCUT2D eigenvalue weighted by Gasteiger charge is -2.05. The Bertz CT molecular complexity index is 754. The van der Waals surface area contributed by atoms with Crippen LogP contribution in [0.4, 0.5) is 5.69 Å². The third-order valence-corrected chi connectivity index (χ3v) is 3.15. The van der Waals surface area contributed by atoms with Crippen molar-refractivity contribution in [1.82, 2.24) is 5.43 Å². The van der Waals surface area contributed by atoms with Gasteiger partial charge in [0.1, 0.15) is 5.75 Å². The molecular formula is C16H15N3O4. The molecule has 0 heterocycles. The highest BCUT2D eigenvalue weighted by atomic mass is 16.6. The lowest BCUT2D eigenvalue weighted by Crippen LogP contribution is -2.21. The first-order valence-electron chi connectivity index (χ1n) is 6.82. The van der Waals surface area contributed by atoms with E-state index in [0.717, 1.165) is 0 Å². The molecule has 0 saturated carbocycles. The van der Waals surface area contributed by atoms with Gasteiger partial charge in [-0.3, -0.25) is 14.9 Å². The van der Waals surface area contributed by atoms with Gasteiger partial charge in [0.15, 0.2) is 0 Å². The monoisotopic (exact) mass is 313 g/mol. The normalized spacial score (nSPS) is 11.1. The molecule has 0 aliphatic rings. The van der Waals surface area contributed by atoms with Gasteiger partial charge in [0.05, 0.1) is 17.1 Å². The van der Waals surface area contributed by atoms with E-state index in [-0.39, 0.29) is 23.8 Å². The Morgan fingerprint density at radius 3 is 2.48 bits per heavy atom. The quantitative estimate of drug-likeness (QED) is 0.502. The van der Waals surface area contributed by atoms with E-state index < -0.39 is 4.92 Å². The van der Waals surface area contributed by atoms with Crippen LogP contribution in [0.15, 0.2) is 53.6 Å². The van der Waals surface area contributed by atoms with Crippen LogP contribution in [0.1, 0.15) is 18.1 Å². The number of nitrogens with zero attached hydrogens (tertiary/aromatic N) is 2. The molecule has 0 aliphatic heterocycles. The first-order chi connectivity index (χ1) is 11.0. The van der Waals surface area contributed by atoms with Crippen molar-refractivity contribution in [2.75, 3.05) is 0 Å². The van der Waals surface area contributed by atoms with E-state index in [9.17, 15) is 20.0 Å². The molecule has 0 aliphatic carbocycles. The van der Waals surface area contributed by atoms with Gasteiger partial charge in [-0.05, 0) is 24.6 Å². The van der Waals surface area contributed by atoms with Crippen LogP contribution in [0.5, 0.6) is 5.75 Å². The lowest BCUT2D eigenvalue weighted by atomic mass is 10.1. The van der Waals surface area contributed by atoms with E-state index in [1.807, 2.05) is 0 Å². The number of phenols is 1. The molecule has 1 amide bonds. The first-order valence-corrected chi connectivity index (χ1v) is 6.82. The smallest absolute Gasteiger partial charge is 0.269 e. The molecule has 0 bridgehead atoms. The van der Waals surface area contributed by atoms with E-state index in [1.165, 1.54) is 30.3 Å². The Kier molecular flexibility index (Phi) is 5.03. The summed E-state index contributed by atoms with van der Waals surface area (Å²) in [4.78, 5) is 21.9. The van der Waals surface area contributed by atoms with Crippen LogP contribution in [-0.4, -0.2) is 21.6 Å². The molecule has 0 saturated heterocycles. The Morgan fingerprint density at radius 2 is 1.87 bits per heavy atom. The summed E-state index contributed by atoms with van der Waals surface area (Å²) in [7, 11) is 0. The van der Waals surface area contributed by atoms with E-state index in [2.05, 4.69) is 10.5 Å². The first kappa shape index (κ1) is 16.2. The van der Waals surface area contributed by atoms with Crippen LogP contribution < -0.4 is 5.43 Å². The zero-order valence-electron chi connectivity index (χ0n) is 12.4. The minimum atomic E-state index is -0.496. The number of nitrogens with one attached hydrogen (secondary N) is 1. The van der Waals surface area contributed by atoms with Gasteiger partial charge in [0, 0.05) is 17.7 Å². The maximum atomic E-state index is 11.8. The predicted molar refractivity (Wildman–Crippen MR) is 85.3 cm³/mol. The van der Waals surface area contributed by atoms with Crippen LogP contribution >= 0.6 is 0 Å². The molecule has 23 heavy (non-hydrogen) atoms. The second-order valence-corrected chi connectivity index (χ2v) is 4.85. The molecular weight excluding hydrogens is 298 g/mol. The molecule has 0 unspecified atom stereocenters. The molecule has 0 fully saturated rings. The number of benzene rings is 2. The molecule has 7 nitrogen and oxygen atoms in total. The molecule has 2 rings (SSSR count). The summed E-state index contributed by atoms with van der Waals surface area (Å²) >= 11 is 0. The van der Waals surface area contributed by atoms with Crippen molar-refractivity contribution in [3.8, 4) is 5.75 Å². The molecule has 2 aromatic rings. The fourth-order valence-electron chi connectivity index (χ4n) is 1.95. The van der Waals surface area contributed by atoms with Crippen LogP contribution in [0.25, 0.3) is 0 Å². The Labute approximate surface area is 132 Å². The number of hydrogen-bond donors (Lipinski definition) is 2. The van der Waals surface area contributed by atoms with Crippen LogP contribution in [-0.2, 0) is 11.2 Å². The van der Waals surface area contributed by atoms with Gasteiger partial charge in [-0.1, -0.05) is 24.3 Å². The van der Waals surface area contributed by atoms with Crippen molar-refractivity contribution < 1.29 is 14.8 Å². The number of hydrazone groups is 1. The minimum Gasteiger partial charge on any atom is -0.507 e. The summed E-state index contributed by atoms with van der Waals surface area (Å²) in [5, 5.41) is 24.2. The highest BCUT2D eigenvalue weighted by molar-refractivity contribution is 6.01. The fraction of sp³-hybridized carbons (Fsp3) is 0.125. The average Bonchev–Trinajstić information content (AvgIpc) is 2.53. The summed E-state index contributed by atoms with van der Waals surface area (Å²) in [5.41, 5.74) is 4.02. The highest BCUT2D eigenvalue weighted by Gasteiger charge is 2.08. The molecule has 0 radical (unpaired) electrons. The van der Waals surface area contributed by atoms with Gasteiger partial charge >= 0.3 is 0 Å². The standard InChI is InChI=1S/C16H15N3O4/c1-11(14-4-2-3-5-15(14)20)17-18-16(21)10-12-6-8-13(9-7-12)19(22)23/h2-9,20H,10H2,1H3,(H,18,21)/b17-11+. The fourth-order valence-corrected chi connectivity index (χ4v) is 1.95. The molecule has 0 spiro atoms. The van der Waals surface area contributed by atoms with Crippen LogP contribution in [0, 0.1) is 10.1 Å². The second kappa shape index (κ2) is 7.17. The van der Waals surface area contributed by atoms with Crippen molar-refractivity contribution >= 4 is 17.3 Å². The van der Waals surface area contributed by atoms with Gasteiger partial charge < -0.3 is 5.11 Å². The van der Waals surface area contributed by atoms with Crippen molar-refractivity contribution in [1.29, 1.82) is 0 Å². The number of nitro benzene ring substituents is 1. The Morgan fingerprint density at radius 1 is 1.22 bits per heavy atom. The summed E-state index contributed by atoms with van der Waals surface area (Å²) < 4.78 is 0. The number of rotatable bonds is 5. The maximum Gasteiger partial charge on any atom is 0.269 e. The molecule has 0 atom stereocenters. The van der Waals surface area contributed by atoms with E-state index in [4.69, 9.17) is 0 Å². The number of carbonyl (C=O) groups is 1. The van der Waals surface area contributed by atoms with Crippen molar-refractivity contribution in [3.63, 3.8) is 0 Å². The van der Waals surface area contributed by atoms with Gasteiger partial charge in [-0.2, -0.15) is 5.10 Å². The largest absolute Gasteiger partial charge is 0.507 e. The number of amides is 1. The SMILES string of the molecule is C/C(=N\NC(=O)Cc1ccc([N+](=O)[O-])cc1)c1ccccc1O. The zero-order valence-corrected chi connectivity index (χ0v) is 12.4. The van der Waals surface area contributed by atoms with Crippen LogP contribution in [0.3, 0.4) is 0 Å². The predicted octanol–water partition coefficient (Wildman–Crippen LogP) is 2.38. The summed E-state index contributed by atoms with van der Waals surface area (Å²) in [5.74, 6) is -0.271. The highest BCUT2D eigenvalue weighted by Crippen LogP contribution is 2.16. The van der Waals surface area contributed by atoms with Crippen molar-refractivity contribution in [2.45, 2.75) is 13.3 Å². The Balaban J connectivity index is 1.98. The second-order valence-electron chi connectivity index (χ2n) is 4.85. The number of aromatic hydroxyl groups is 1. The topological polar surface area (TPSA) is 105 Å². The van der Waals surface area contributed by atoms with E-state index >= 15 is 0 Å². The number of nitro groups is 1. The lowest BCUT2D eigenvalue weighted by molar-refractivity contribution is -0.384. The molecule has 7 heteroatoms. The number of non-ortho nitro benzene ring substituents is 1. The third kappa shape index (κ3) is 4.37. The summed E-state index contributed by atoms with van der Waals surface area (Å²) in [6, 6.07) is 12.4. The van der Waals surface area contributed by atoms with Gasteiger partial charge in [0.2, 0.25) is 5.91 Å². The van der Waals surface area contributed by atoms with Gasteiger partial charge in [-0.15, -0.1) is 0 Å². The van der Waals surface area contributed by atoms with Crippen LogP contribution in [0.2, 0.25) is 0 Å². The van der Waals surface area contributed by atoms with E-state index in [0.29, 0.717) is 16.8 Å². The molecule has 2 N–H and O–H groups in total. The molecule has 2 aromatic carbocycles. The number of phenolic OH excluding ortho intramolecular Hbond substituents is 1. The zero-order chi connectivity index (χ0) is 16.8. The van der Waals surface area contributed by atoms with Gasteiger partial charge in [-0.25, -0.2) is 5.43 Å². The maximum absolute atomic E-state index is 11.8. The average molecular weight is 313 g/mol. The van der Waals surface area contributed by atoms with E-state index in [1.54, 1.807) is 25.1 Å². The summed E-state index contributed by atoms with van der Waals surface area (Å²) in [6.07, 6.45) is 0.0511. The van der Waals surface area contributed by atoms with Gasteiger partial charge in [0.25, 0.3) is 5.69 Å². The number of hydrogen-bond acceptors (Lipinski definition) is 5. The summed E-state index contributed by atoms with van der Waals surface area (Å²) in [6.45, 7) is 1.67. The molecule has 118 valence electrons. The Hall–Kier alpha value is -3.22. The third-order valence-electron chi connectivity index (χ3n) is 3.15. The number of para-hydroxylation sites is 1. The van der Waals surface area contributed by atoms with Crippen molar-refractivity contribution in [3.05, 3.63) is 69.8 Å². The number of carbonyl (C=O) groups excluding carboxylic acids is 1.